The van der Waals surface area contributed by atoms with Crippen molar-refractivity contribution in [2.75, 3.05) is 11.9 Å². The maximum Gasteiger partial charge on any atom is 0.419 e. The van der Waals surface area contributed by atoms with E-state index in [4.69, 9.17) is 10.2 Å². The molecule has 1 aromatic heterocycles. The van der Waals surface area contributed by atoms with Crippen LogP contribution >= 0.6 is 0 Å². The van der Waals surface area contributed by atoms with Gasteiger partial charge in [-0.05, 0) is 24.1 Å². The molecule has 2 aromatic rings. The van der Waals surface area contributed by atoms with Gasteiger partial charge in [-0.1, -0.05) is 13.8 Å². The Labute approximate surface area is 106 Å². The first kappa shape index (κ1) is 12.7. The molecule has 18 heavy (non-hydrogen) atoms. The largest absolute Gasteiger partial charge is 0.419 e. The van der Waals surface area contributed by atoms with Gasteiger partial charge in [0.15, 0.2) is 5.58 Å². The summed E-state index contributed by atoms with van der Waals surface area (Å²) >= 11 is 0. The lowest BCUT2D eigenvalue weighted by atomic mass is 10.0. The molecule has 3 N–H and O–H groups in total. The summed E-state index contributed by atoms with van der Waals surface area (Å²) in [5.74, 6) is 0.0975. The summed E-state index contributed by atoms with van der Waals surface area (Å²) in [7, 11) is 1.70. The van der Waals surface area contributed by atoms with Crippen molar-refractivity contribution in [2.45, 2.75) is 19.9 Å². The SMILES string of the molecule is CC(C)C(CN)Nc1ccc2oc(=O)n(C)c2c1. The highest BCUT2D eigenvalue weighted by Gasteiger charge is 2.12. The van der Waals surface area contributed by atoms with E-state index in [0.717, 1.165) is 11.2 Å². The minimum absolute atomic E-state index is 0.214. The quantitative estimate of drug-likeness (QED) is 0.861. The summed E-state index contributed by atoms with van der Waals surface area (Å²) in [5.41, 5.74) is 8.06. The van der Waals surface area contributed by atoms with E-state index in [0.29, 0.717) is 18.0 Å². The van der Waals surface area contributed by atoms with Crippen molar-refractivity contribution in [1.29, 1.82) is 0 Å². The zero-order valence-corrected chi connectivity index (χ0v) is 10.9. The first-order chi connectivity index (χ1) is 8.52. The fourth-order valence-electron chi connectivity index (χ4n) is 1.93. The van der Waals surface area contributed by atoms with Crippen molar-refractivity contribution in [3.8, 4) is 0 Å². The number of rotatable bonds is 4. The number of fused-ring (bicyclic) bond motifs is 1. The predicted molar refractivity (Wildman–Crippen MR) is 72.8 cm³/mol. The average Bonchev–Trinajstić information content (AvgIpc) is 2.62. The van der Waals surface area contributed by atoms with E-state index in [9.17, 15) is 4.79 Å². The molecule has 0 aliphatic rings. The summed E-state index contributed by atoms with van der Waals surface area (Å²) in [4.78, 5) is 11.4. The molecular formula is C13H19N3O2. The molecule has 1 atom stereocenters. The number of hydrogen-bond donors (Lipinski definition) is 2. The third kappa shape index (κ3) is 2.26. The van der Waals surface area contributed by atoms with Gasteiger partial charge >= 0.3 is 5.76 Å². The highest BCUT2D eigenvalue weighted by atomic mass is 16.4. The smallest absolute Gasteiger partial charge is 0.408 e. The van der Waals surface area contributed by atoms with Gasteiger partial charge in [-0.25, -0.2) is 4.79 Å². The minimum atomic E-state index is -0.346. The maximum atomic E-state index is 11.4. The van der Waals surface area contributed by atoms with Crippen LogP contribution in [0.25, 0.3) is 11.1 Å². The highest BCUT2D eigenvalue weighted by Crippen LogP contribution is 2.19. The normalized spacial score (nSPS) is 13.2. The Hall–Kier alpha value is -1.75. The van der Waals surface area contributed by atoms with E-state index < -0.39 is 0 Å². The summed E-state index contributed by atoms with van der Waals surface area (Å²) in [6.45, 7) is 4.81. The number of nitrogens with one attached hydrogen (secondary N) is 1. The van der Waals surface area contributed by atoms with Crippen molar-refractivity contribution in [1.82, 2.24) is 4.57 Å². The summed E-state index contributed by atoms with van der Waals surface area (Å²) in [5, 5.41) is 3.37. The van der Waals surface area contributed by atoms with Crippen molar-refractivity contribution in [2.24, 2.45) is 18.7 Å². The number of anilines is 1. The molecule has 5 heteroatoms. The van der Waals surface area contributed by atoms with Crippen LogP contribution in [0.3, 0.4) is 0 Å². The van der Waals surface area contributed by atoms with Crippen molar-refractivity contribution in [3.05, 3.63) is 28.7 Å². The second-order valence-electron chi connectivity index (χ2n) is 4.84. The Morgan fingerprint density at radius 2 is 2.17 bits per heavy atom. The van der Waals surface area contributed by atoms with E-state index in [1.54, 1.807) is 13.1 Å². The number of nitrogens with two attached hydrogens (primary N) is 1. The van der Waals surface area contributed by atoms with Gasteiger partial charge in [0.1, 0.15) is 0 Å². The van der Waals surface area contributed by atoms with E-state index in [1.807, 2.05) is 12.1 Å². The molecule has 0 amide bonds. The van der Waals surface area contributed by atoms with Gasteiger partial charge in [-0.3, -0.25) is 4.57 Å². The van der Waals surface area contributed by atoms with Crippen LogP contribution in [0.4, 0.5) is 5.69 Å². The van der Waals surface area contributed by atoms with Gasteiger partial charge in [-0.2, -0.15) is 0 Å². The standard InChI is InChI=1S/C13H19N3O2/c1-8(2)10(7-14)15-9-4-5-12-11(6-9)16(3)13(17)18-12/h4-6,8,10,15H,7,14H2,1-3H3. The molecule has 2 rings (SSSR count). The molecule has 98 valence electrons. The van der Waals surface area contributed by atoms with Gasteiger partial charge < -0.3 is 15.5 Å². The Bertz CT molecular complexity index is 598. The first-order valence-corrected chi connectivity index (χ1v) is 6.09. The second kappa shape index (κ2) is 4.86. The Morgan fingerprint density at radius 3 is 2.78 bits per heavy atom. The second-order valence-corrected chi connectivity index (χ2v) is 4.84. The lowest BCUT2D eigenvalue weighted by Crippen LogP contribution is -2.33. The lowest BCUT2D eigenvalue weighted by Gasteiger charge is -2.21. The van der Waals surface area contributed by atoms with Crippen LogP contribution in [0.5, 0.6) is 0 Å². The molecule has 0 spiro atoms. The molecule has 0 radical (unpaired) electrons. The zero-order valence-electron chi connectivity index (χ0n) is 10.9. The molecule has 0 aliphatic heterocycles. The predicted octanol–water partition coefficient (Wildman–Crippen LogP) is 1.53. The number of oxazole rings is 1. The number of aryl methyl sites for hydroxylation is 1. The summed E-state index contributed by atoms with van der Waals surface area (Å²) in [6.07, 6.45) is 0. The fraction of sp³-hybridized carbons (Fsp3) is 0.462. The van der Waals surface area contributed by atoms with Crippen LogP contribution in [0.2, 0.25) is 0 Å². The van der Waals surface area contributed by atoms with Gasteiger partial charge in [-0.15, -0.1) is 0 Å². The third-order valence-corrected chi connectivity index (χ3v) is 3.20. The zero-order chi connectivity index (χ0) is 13.3. The highest BCUT2D eigenvalue weighted by molar-refractivity contribution is 5.77. The van der Waals surface area contributed by atoms with Gasteiger partial charge in [0, 0.05) is 25.3 Å². The number of aromatic nitrogens is 1. The molecule has 0 fully saturated rings. The van der Waals surface area contributed by atoms with E-state index in [1.165, 1.54) is 4.57 Å². The number of nitrogens with zero attached hydrogens (tertiary/aromatic N) is 1. The molecule has 0 saturated carbocycles. The Morgan fingerprint density at radius 1 is 1.44 bits per heavy atom. The van der Waals surface area contributed by atoms with E-state index >= 15 is 0 Å². The van der Waals surface area contributed by atoms with Crippen LogP contribution in [-0.2, 0) is 7.05 Å². The van der Waals surface area contributed by atoms with Crippen LogP contribution in [0.15, 0.2) is 27.4 Å². The van der Waals surface area contributed by atoms with Gasteiger partial charge in [0.25, 0.3) is 0 Å². The topological polar surface area (TPSA) is 73.2 Å². The van der Waals surface area contributed by atoms with Crippen molar-refractivity contribution < 1.29 is 4.42 Å². The molecule has 1 heterocycles. The van der Waals surface area contributed by atoms with Crippen LogP contribution in [-0.4, -0.2) is 17.2 Å². The molecular weight excluding hydrogens is 230 g/mol. The van der Waals surface area contributed by atoms with Crippen LogP contribution in [0.1, 0.15) is 13.8 Å². The van der Waals surface area contributed by atoms with Crippen LogP contribution in [0, 0.1) is 5.92 Å². The Balaban J connectivity index is 2.35. The maximum absolute atomic E-state index is 11.4. The fourth-order valence-corrected chi connectivity index (χ4v) is 1.93. The van der Waals surface area contributed by atoms with E-state index in [-0.39, 0.29) is 11.8 Å². The van der Waals surface area contributed by atoms with Crippen molar-refractivity contribution in [3.63, 3.8) is 0 Å². The monoisotopic (exact) mass is 249 g/mol. The number of hydrogen-bond acceptors (Lipinski definition) is 4. The molecule has 1 aromatic carbocycles. The minimum Gasteiger partial charge on any atom is -0.408 e. The molecule has 1 unspecified atom stereocenters. The first-order valence-electron chi connectivity index (χ1n) is 6.09. The average molecular weight is 249 g/mol. The number of benzene rings is 1. The van der Waals surface area contributed by atoms with Crippen molar-refractivity contribution >= 4 is 16.8 Å². The summed E-state index contributed by atoms with van der Waals surface area (Å²) < 4.78 is 6.58. The molecule has 0 saturated heterocycles. The van der Waals surface area contributed by atoms with Gasteiger partial charge in [0.05, 0.1) is 5.52 Å². The molecule has 0 bridgehead atoms. The van der Waals surface area contributed by atoms with Gasteiger partial charge in [0.2, 0.25) is 0 Å². The Kier molecular flexibility index (Phi) is 3.43. The van der Waals surface area contributed by atoms with Crippen LogP contribution < -0.4 is 16.8 Å². The molecule has 5 nitrogen and oxygen atoms in total. The molecule has 0 aliphatic carbocycles. The van der Waals surface area contributed by atoms with E-state index in [2.05, 4.69) is 19.2 Å². The third-order valence-electron chi connectivity index (χ3n) is 3.20. The summed E-state index contributed by atoms with van der Waals surface area (Å²) in [6, 6.07) is 5.82. The lowest BCUT2D eigenvalue weighted by molar-refractivity contribution is 0.528.